The molecule has 0 bridgehead atoms. The fourth-order valence-corrected chi connectivity index (χ4v) is 8.59. The number of allylic oxidation sites excluding steroid dienone is 9. The van der Waals surface area contributed by atoms with Gasteiger partial charge in [0.2, 0.25) is 5.91 Å². The smallest absolute Gasteiger partial charge is 0.220 e. The maximum Gasteiger partial charge on any atom is 0.220 e. The molecule has 0 radical (unpaired) electrons. The molecule has 9 heteroatoms. The van der Waals surface area contributed by atoms with Gasteiger partial charge in [0.1, 0.15) is 24.4 Å². The molecule has 0 aromatic heterocycles. The number of unbranched alkanes of at least 4 members (excludes halogenated alkanes) is 29. The standard InChI is InChI=1S/C58H105NO8/c1-3-5-7-9-11-13-15-17-19-21-23-25-26-28-30-32-34-36-38-40-42-44-46-48-54(62)59-51(50-66-58-57(65)56(64)55(63)53(49-60)67-58)52(61)47-45-43-41-39-37-35-33-31-29-27-24-22-20-18-16-14-12-10-8-6-4-2/h15,17,21,23,26,28,37,39,45,47,51-53,55-58,60-61,63-65H,3-14,16,18-20,22,24-25,27,29-36,38,40-44,46,48-50H2,1-2H3,(H,59,62)/b17-15-,23-21-,28-26-,39-37+,47-45+. The van der Waals surface area contributed by atoms with Gasteiger partial charge in [-0.1, -0.05) is 229 Å². The van der Waals surface area contributed by atoms with E-state index in [1.807, 2.05) is 6.08 Å². The van der Waals surface area contributed by atoms with Crippen LogP contribution >= 0.6 is 0 Å². The first-order valence-electron chi connectivity index (χ1n) is 28.0. The summed E-state index contributed by atoms with van der Waals surface area (Å²) in [5.41, 5.74) is 0. The van der Waals surface area contributed by atoms with Crippen LogP contribution < -0.4 is 5.32 Å². The Kier molecular flexibility index (Phi) is 44.7. The molecule has 1 fully saturated rings. The number of carbonyl (C=O) groups is 1. The van der Waals surface area contributed by atoms with E-state index in [1.54, 1.807) is 6.08 Å². The predicted molar refractivity (Wildman–Crippen MR) is 281 cm³/mol. The van der Waals surface area contributed by atoms with Crippen molar-refractivity contribution in [2.24, 2.45) is 0 Å². The highest BCUT2D eigenvalue weighted by molar-refractivity contribution is 5.76. The molecule has 1 saturated heterocycles. The van der Waals surface area contributed by atoms with Crippen LogP contribution in [0.4, 0.5) is 0 Å². The summed E-state index contributed by atoms with van der Waals surface area (Å²) in [4.78, 5) is 13.0. The molecule has 1 amide bonds. The van der Waals surface area contributed by atoms with Crippen LogP contribution in [0.2, 0.25) is 0 Å². The summed E-state index contributed by atoms with van der Waals surface area (Å²) in [6, 6.07) is -0.829. The van der Waals surface area contributed by atoms with Crippen LogP contribution in [0.3, 0.4) is 0 Å². The lowest BCUT2D eigenvalue weighted by molar-refractivity contribution is -0.302. The monoisotopic (exact) mass is 944 g/mol. The minimum atomic E-state index is -1.58. The van der Waals surface area contributed by atoms with E-state index in [9.17, 15) is 30.3 Å². The molecular formula is C58H105NO8. The minimum Gasteiger partial charge on any atom is -0.394 e. The summed E-state index contributed by atoms with van der Waals surface area (Å²) >= 11 is 0. The molecule has 9 nitrogen and oxygen atoms in total. The molecule has 0 aliphatic carbocycles. The van der Waals surface area contributed by atoms with Crippen LogP contribution in [0.5, 0.6) is 0 Å². The fraction of sp³-hybridized carbons (Fsp3) is 0.810. The zero-order valence-corrected chi connectivity index (χ0v) is 43.1. The Labute approximate surface area is 411 Å². The van der Waals surface area contributed by atoms with Gasteiger partial charge >= 0.3 is 0 Å². The molecule has 67 heavy (non-hydrogen) atoms. The van der Waals surface area contributed by atoms with Crippen molar-refractivity contribution >= 4 is 5.91 Å². The predicted octanol–water partition coefficient (Wildman–Crippen LogP) is 13.5. The topological polar surface area (TPSA) is 149 Å². The lowest BCUT2D eigenvalue weighted by atomic mass is 9.99. The summed E-state index contributed by atoms with van der Waals surface area (Å²) in [6.07, 6.45) is 57.0. The molecule has 390 valence electrons. The SMILES string of the molecule is CCCCCCC/C=C\C/C=C\C/C=C\CCCCCCCCCCC(=O)NC(COC1OC(CO)C(O)C(O)C1O)C(O)/C=C/CC/C=C/CCCCCCCCCCCCCCCCC. The zero-order chi connectivity index (χ0) is 48.7. The Hall–Kier alpha value is -2.11. The fourth-order valence-electron chi connectivity index (χ4n) is 8.59. The maximum atomic E-state index is 13.0. The first-order valence-corrected chi connectivity index (χ1v) is 28.0. The summed E-state index contributed by atoms with van der Waals surface area (Å²) in [5.74, 6) is -0.194. The van der Waals surface area contributed by atoms with Crippen molar-refractivity contribution in [1.29, 1.82) is 0 Å². The highest BCUT2D eigenvalue weighted by Gasteiger charge is 2.44. The molecule has 7 atom stereocenters. The van der Waals surface area contributed by atoms with Crippen molar-refractivity contribution in [1.82, 2.24) is 5.32 Å². The van der Waals surface area contributed by atoms with Gasteiger partial charge < -0.3 is 40.3 Å². The number of aliphatic hydroxyl groups excluding tert-OH is 5. The van der Waals surface area contributed by atoms with Crippen LogP contribution in [0.1, 0.15) is 245 Å². The molecule has 0 aromatic rings. The van der Waals surface area contributed by atoms with Crippen molar-refractivity contribution in [3.8, 4) is 0 Å². The first-order chi connectivity index (χ1) is 32.8. The van der Waals surface area contributed by atoms with Crippen molar-refractivity contribution in [2.75, 3.05) is 13.2 Å². The van der Waals surface area contributed by atoms with Gasteiger partial charge in [0.05, 0.1) is 25.4 Å². The normalized spacial score (nSPS) is 20.1. The largest absolute Gasteiger partial charge is 0.394 e. The third kappa shape index (κ3) is 37.4. The van der Waals surface area contributed by atoms with Gasteiger partial charge in [-0.05, 0) is 70.6 Å². The molecule has 1 aliphatic rings. The Morgan fingerprint density at radius 3 is 1.36 bits per heavy atom. The number of ether oxygens (including phenoxy) is 2. The molecular weight excluding hydrogens is 839 g/mol. The maximum absolute atomic E-state index is 13.0. The summed E-state index contributed by atoms with van der Waals surface area (Å²) in [6.45, 7) is 3.76. The number of aliphatic hydroxyl groups is 5. The van der Waals surface area contributed by atoms with Crippen LogP contribution in [-0.2, 0) is 14.3 Å². The van der Waals surface area contributed by atoms with E-state index in [1.165, 1.54) is 161 Å². The lowest BCUT2D eigenvalue weighted by Crippen LogP contribution is -2.60. The van der Waals surface area contributed by atoms with E-state index in [0.29, 0.717) is 6.42 Å². The second kappa shape index (κ2) is 47.6. The van der Waals surface area contributed by atoms with Gasteiger partial charge in [-0.3, -0.25) is 4.79 Å². The average Bonchev–Trinajstić information content (AvgIpc) is 3.33. The third-order valence-electron chi connectivity index (χ3n) is 13.1. The van der Waals surface area contributed by atoms with Crippen molar-refractivity contribution in [3.63, 3.8) is 0 Å². The van der Waals surface area contributed by atoms with Crippen molar-refractivity contribution in [2.45, 2.75) is 288 Å². The van der Waals surface area contributed by atoms with E-state index in [-0.39, 0.29) is 12.5 Å². The molecule has 7 unspecified atom stereocenters. The minimum absolute atomic E-state index is 0.194. The van der Waals surface area contributed by atoms with E-state index >= 15 is 0 Å². The molecule has 0 aromatic carbocycles. The summed E-state index contributed by atoms with van der Waals surface area (Å²) < 4.78 is 11.2. The van der Waals surface area contributed by atoms with Crippen LogP contribution in [-0.4, -0.2) is 87.5 Å². The second-order valence-electron chi connectivity index (χ2n) is 19.4. The molecule has 0 spiro atoms. The zero-order valence-electron chi connectivity index (χ0n) is 43.1. The number of amides is 1. The van der Waals surface area contributed by atoms with Crippen molar-refractivity contribution < 1.29 is 39.8 Å². The van der Waals surface area contributed by atoms with Gasteiger partial charge in [0.15, 0.2) is 6.29 Å². The van der Waals surface area contributed by atoms with Gasteiger partial charge in [0.25, 0.3) is 0 Å². The highest BCUT2D eigenvalue weighted by Crippen LogP contribution is 2.23. The number of rotatable bonds is 47. The molecule has 1 aliphatic heterocycles. The van der Waals surface area contributed by atoms with Crippen LogP contribution in [0.25, 0.3) is 0 Å². The first kappa shape index (κ1) is 62.9. The molecule has 1 heterocycles. The number of hydrogen-bond acceptors (Lipinski definition) is 8. The van der Waals surface area contributed by atoms with Gasteiger partial charge in [-0.15, -0.1) is 0 Å². The van der Waals surface area contributed by atoms with Gasteiger partial charge in [-0.25, -0.2) is 0 Å². The number of nitrogens with one attached hydrogen (secondary N) is 1. The molecule has 1 rings (SSSR count). The van der Waals surface area contributed by atoms with Gasteiger partial charge in [-0.2, -0.15) is 0 Å². The summed E-state index contributed by atoms with van der Waals surface area (Å²) in [5, 5.41) is 54.4. The van der Waals surface area contributed by atoms with E-state index in [2.05, 4.69) is 67.8 Å². The van der Waals surface area contributed by atoms with E-state index in [0.717, 1.165) is 64.2 Å². The Bertz CT molecular complexity index is 1230. The Balaban J connectivity index is 2.29. The Morgan fingerprint density at radius 2 is 0.896 bits per heavy atom. The summed E-state index contributed by atoms with van der Waals surface area (Å²) in [7, 11) is 0. The van der Waals surface area contributed by atoms with Crippen LogP contribution in [0.15, 0.2) is 60.8 Å². The average molecular weight is 944 g/mol. The molecule has 6 N–H and O–H groups in total. The van der Waals surface area contributed by atoms with Crippen molar-refractivity contribution in [3.05, 3.63) is 60.8 Å². The quantitative estimate of drug-likeness (QED) is 0.0261. The molecule has 0 saturated carbocycles. The van der Waals surface area contributed by atoms with E-state index in [4.69, 9.17) is 9.47 Å². The van der Waals surface area contributed by atoms with Gasteiger partial charge in [0, 0.05) is 6.42 Å². The number of carbonyl (C=O) groups excluding carboxylic acids is 1. The third-order valence-corrected chi connectivity index (χ3v) is 13.1. The second-order valence-corrected chi connectivity index (χ2v) is 19.4. The number of hydrogen-bond donors (Lipinski definition) is 6. The van der Waals surface area contributed by atoms with Crippen LogP contribution in [0, 0.1) is 0 Å². The lowest BCUT2D eigenvalue weighted by Gasteiger charge is -2.40. The highest BCUT2D eigenvalue weighted by atomic mass is 16.7. The van der Waals surface area contributed by atoms with E-state index < -0.39 is 49.5 Å². The Morgan fingerprint density at radius 1 is 0.507 bits per heavy atom.